The first kappa shape index (κ1) is 36.9. The van der Waals surface area contributed by atoms with Gasteiger partial charge in [0.25, 0.3) is 0 Å². The maximum Gasteiger partial charge on any atom is 0.137 e. The molecular weight excluding hydrogens is 625 g/mol. The number of hydrogen-bond acceptors (Lipinski definition) is 5. The lowest BCUT2D eigenvalue weighted by Crippen LogP contribution is -2.29. The minimum atomic E-state index is -0.207. The molecule has 1 unspecified atom stereocenters. The van der Waals surface area contributed by atoms with Crippen LogP contribution >= 0.6 is 0 Å². The van der Waals surface area contributed by atoms with Crippen molar-refractivity contribution >= 4 is 22.9 Å². The summed E-state index contributed by atoms with van der Waals surface area (Å²) in [5.74, 6) is 1.46. The molecule has 0 amide bonds. The average molecular weight is 677 g/mol. The number of rotatable bonds is 11. The molecular formula is C46H52N4O. The Balaban J connectivity index is 1.56. The van der Waals surface area contributed by atoms with E-state index in [0.29, 0.717) is 5.71 Å². The fraction of sp³-hybridized carbons (Fsp3) is 0.261. The highest BCUT2D eigenvalue weighted by Crippen LogP contribution is 2.45. The monoisotopic (exact) mass is 676 g/mol. The lowest BCUT2D eigenvalue weighted by atomic mass is 9.70. The quantitative estimate of drug-likeness (QED) is 0.123. The zero-order valence-electron chi connectivity index (χ0n) is 31.4. The van der Waals surface area contributed by atoms with E-state index in [0.717, 1.165) is 63.0 Å². The molecule has 1 aromatic heterocycles. The van der Waals surface area contributed by atoms with Crippen molar-refractivity contribution in [3.63, 3.8) is 0 Å². The molecule has 1 atom stereocenters. The molecule has 1 heterocycles. The molecule has 0 bridgehead atoms. The van der Waals surface area contributed by atoms with Gasteiger partial charge >= 0.3 is 0 Å². The Labute approximate surface area is 305 Å². The minimum absolute atomic E-state index is 0.0299. The Morgan fingerprint density at radius 2 is 1.55 bits per heavy atom. The third kappa shape index (κ3) is 8.49. The summed E-state index contributed by atoms with van der Waals surface area (Å²) < 4.78 is 6.13. The van der Waals surface area contributed by atoms with Crippen molar-refractivity contribution in [2.45, 2.75) is 54.9 Å². The topological polar surface area (TPSA) is 61.2 Å². The highest BCUT2D eigenvalue weighted by Gasteiger charge is 2.36. The highest BCUT2D eigenvalue weighted by molar-refractivity contribution is 6.06. The Hall–Kier alpha value is -5.42. The molecule has 262 valence electrons. The van der Waals surface area contributed by atoms with Crippen LogP contribution in [-0.2, 0) is 4.74 Å². The van der Waals surface area contributed by atoms with Crippen LogP contribution in [0.5, 0.6) is 0 Å². The number of aromatic nitrogens is 1. The fourth-order valence-electron chi connectivity index (χ4n) is 6.60. The molecule has 0 aliphatic heterocycles. The van der Waals surface area contributed by atoms with E-state index in [1.807, 2.05) is 60.8 Å². The van der Waals surface area contributed by atoms with Crippen LogP contribution in [0, 0.1) is 22.2 Å². The van der Waals surface area contributed by atoms with Crippen LogP contribution < -0.4 is 10.2 Å². The van der Waals surface area contributed by atoms with E-state index in [9.17, 15) is 5.41 Å². The Bertz CT molecular complexity index is 1990. The number of allylic oxidation sites excluding steroid dienone is 8. The van der Waals surface area contributed by atoms with Gasteiger partial charge in [0.05, 0.1) is 24.4 Å². The molecule has 4 aromatic rings. The summed E-state index contributed by atoms with van der Waals surface area (Å²) in [5, 5.41) is 13.4. The van der Waals surface area contributed by atoms with Crippen LogP contribution in [0.1, 0.15) is 60.5 Å². The van der Waals surface area contributed by atoms with E-state index in [1.54, 1.807) is 13.2 Å². The van der Waals surface area contributed by atoms with E-state index in [1.165, 1.54) is 5.57 Å². The van der Waals surface area contributed by atoms with Gasteiger partial charge in [0, 0.05) is 34.4 Å². The summed E-state index contributed by atoms with van der Waals surface area (Å²) in [4.78, 5) is 6.95. The first-order valence-corrected chi connectivity index (χ1v) is 17.6. The smallest absolute Gasteiger partial charge is 0.137 e. The number of methoxy groups -OCH3 is 1. The molecule has 1 aliphatic rings. The molecule has 5 rings (SSSR count). The second-order valence-corrected chi connectivity index (χ2v) is 15.1. The van der Waals surface area contributed by atoms with E-state index in [2.05, 4.69) is 126 Å². The van der Waals surface area contributed by atoms with Gasteiger partial charge in [-0.3, -0.25) is 4.90 Å². The van der Waals surface area contributed by atoms with E-state index in [4.69, 9.17) is 9.72 Å². The molecule has 51 heavy (non-hydrogen) atoms. The zero-order valence-corrected chi connectivity index (χ0v) is 31.4. The van der Waals surface area contributed by atoms with Crippen LogP contribution in [0.2, 0.25) is 0 Å². The van der Waals surface area contributed by atoms with Gasteiger partial charge < -0.3 is 15.5 Å². The summed E-state index contributed by atoms with van der Waals surface area (Å²) in [6, 6.07) is 32.8. The van der Waals surface area contributed by atoms with E-state index >= 15 is 0 Å². The number of nitrogens with zero attached hydrogens (tertiary/aromatic N) is 2. The average Bonchev–Trinajstić information content (AvgIpc) is 3.11. The second kappa shape index (κ2) is 15.6. The van der Waals surface area contributed by atoms with E-state index < -0.39 is 0 Å². The number of benzene rings is 3. The van der Waals surface area contributed by atoms with Crippen LogP contribution in [0.4, 0.5) is 17.2 Å². The van der Waals surface area contributed by atoms with Gasteiger partial charge in [-0.25, -0.2) is 4.98 Å². The summed E-state index contributed by atoms with van der Waals surface area (Å²) in [6.07, 6.45) is 10.8. The maximum absolute atomic E-state index is 9.70. The molecule has 0 saturated heterocycles. The van der Waals surface area contributed by atoms with Crippen molar-refractivity contribution in [1.82, 2.24) is 4.98 Å². The maximum atomic E-state index is 9.70. The Morgan fingerprint density at radius 1 is 0.882 bits per heavy atom. The van der Waals surface area contributed by atoms with Crippen molar-refractivity contribution in [3.05, 3.63) is 168 Å². The minimum Gasteiger partial charge on any atom is -0.500 e. The number of para-hydroxylation sites is 2. The standard InChI is InChI=1S/C46H52N4O/c1-10-20-35(50(42-27-18-19-28-48-42)41-26-17-15-23-36(41)33-21-12-11-13-22-33)29-32(2)49-40-25-16-14-24-37(40)43(47)38-30-34(45(3,4)5)31-39(44(38)51-9)46(6,7)8/h10-29,31,38,47,49H,1,30H2,2-9H3/b32-29+,35-20+,47-43?. The predicted octanol–water partition coefficient (Wildman–Crippen LogP) is 12.3. The molecule has 2 N–H and O–H groups in total. The highest BCUT2D eigenvalue weighted by atomic mass is 16.5. The number of ether oxygens (including phenoxy) is 1. The van der Waals surface area contributed by atoms with Crippen LogP contribution in [0.25, 0.3) is 11.1 Å². The lowest BCUT2D eigenvalue weighted by molar-refractivity contribution is 0.240. The fourth-order valence-corrected chi connectivity index (χ4v) is 6.60. The summed E-state index contributed by atoms with van der Waals surface area (Å²) in [6.45, 7) is 19.5. The van der Waals surface area contributed by atoms with Crippen LogP contribution in [0.15, 0.2) is 162 Å². The van der Waals surface area contributed by atoms with Gasteiger partial charge in [-0.1, -0.05) is 139 Å². The number of anilines is 3. The number of nitrogens with one attached hydrogen (secondary N) is 2. The van der Waals surface area contributed by atoms with Gasteiger partial charge in [0.1, 0.15) is 11.6 Å². The summed E-state index contributed by atoms with van der Waals surface area (Å²) >= 11 is 0. The van der Waals surface area contributed by atoms with Gasteiger partial charge in [0.2, 0.25) is 0 Å². The molecule has 0 radical (unpaired) electrons. The molecule has 0 fully saturated rings. The largest absolute Gasteiger partial charge is 0.500 e. The molecule has 5 nitrogen and oxygen atoms in total. The van der Waals surface area contributed by atoms with Crippen molar-refractivity contribution in [2.24, 2.45) is 16.7 Å². The first-order chi connectivity index (χ1) is 24.3. The lowest BCUT2D eigenvalue weighted by Gasteiger charge is -2.37. The zero-order chi connectivity index (χ0) is 36.8. The van der Waals surface area contributed by atoms with Gasteiger partial charge in [-0.15, -0.1) is 0 Å². The van der Waals surface area contributed by atoms with Crippen LogP contribution in [0.3, 0.4) is 0 Å². The number of hydrogen-bond donors (Lipinski definition) is 2. The van der Waals surface area contributed by atoms with Crippen molar-refractivity contribution in [2.75, 3.05) is 17.3 Å². The van der Waals surface area contributed by atoms with Gasteiger partial charge in [-0.2, -0.15) is 0 Å². The molecule has 0 spiro atoms. The molecule has 0 saturated carbocycles. The van der Waals surface area contributed by atoms with Gasteiger partial charge in [0.15, 0.2) is 0 Å². The molecule has 1 aliphatic carbocycles. The van der Waals surface area contributed by atoms with Crippen LogP contribution in [-0.4, -0.2) is 17.8 Å². The summed E-state index contributed by atoms with van der Waals surface area (Å²) in [5.41, 5.74) is 9.55. The Morgan fingerprint density at radius 3 is 2.20 bits per heavy atom. The number of pyridine rings is 1. The Kier molecular flexibility index (Phi) is 11.3. The first-order valence-electron chi connectivity index (χ1n) is 17.6. The normalized spacial score (nSPS) is 15.6. The van der Waals surface area contributed by atoms with Crippen molar-refractivity contribution in [3.8, 4) is 11.1 Å². The predicted molar refractivity (Wildman–Crippen MR) is 216 cm³/mol. The SMILES string of the molecule is C=C/C=C(\C=C(/C)Nc1ccccc1C(=N)C1CC(C(C)(C)C)=CC(C(C)(C)C)=C1OC)N(c1ccccn1)c1ccccc1-c1ccccc1. The second-order valence-electron chi connectivity index (χ2n) is 15.1. The van der Waals surface area contributed by atoms with Crippen molar-refractivity contribution in [1.29, 1.82) is 5.41 Å². The third-order valence-electron chi connectivity index (χ3n) is 9.23. The third-order valence-corrected chi connectivity index (χ3v) is 9.23. The van der Waals surface area contributed by atoms with Crippen molar-refractivity contribution < 1.29 is 4.74 Å². The summed E-state index contributed by atoms with van der Waals surface area (Å²) in [7, 11) is 1.74. The molecule has 5 heteroatoms. The van der Waals surface area contributed by atoms with Gasteiger partial charge in [-0.05, 0) is 71.7 Å². The van der Waals surface area contributed by atoms with E-state index in [-0.39, 0.29) is 16.7 Å². The molecule has 3 aromatic carbocycles.